The standard InChI is InChI=1S/C12H20N4/c1-2-11(3-5-13-4-1)16-9-8-15-7-6-14-12(15)10-16/h6-7,11,13H,1-5,8-10H2. The van der Waals surface area contributed by atoms with Gasteiger partial charge in [0.15, 0.2) is 0 Å². The molecule has 2 aliphatic rings. The molecular weight excluding hydrogens is 200 g/mol. The number of aromatic nitrogens is 2. The lowest BCUT2D eigenvalue weighted by atomic mass is 10.1. The van der Waals surface area contributed by atoms with Crippen LogP contribution in [0.1, 0.15) is 25.1 Å². The van der Waals surface area contributed by atoms with Crippen LogP contribution in [-0.2, 0) is 13.1 Å². The van der Waals surface area contributed by atoms with E-state index in [1.807, 2.05) is 6.20 Å². The first-order chi connectivity index (χ1) is 7.93. The lowest BCUT2D eigenvalue weighted by Crippen LogP contribution is -2.41. The highest BCUT2D eigenvalue weighted by atomic mass is 15.3. The van der Waals surface area contributed by atoms with Gasteiger partial charge in [0, 0.05) is 31.5 Å². The van der Waals surface area contributed by atoms with Gasteiger partial charge in [-0.3, -0.25) is 4.90 Å². The van der Waals surface area contributed by atoms with Crippen molar-refractivity contribution in [1.29, 1.82) is 0 Å². The zero-order valence-corrected chi connectivity index (χ0v) is 9.73. The number of nitrogens with one attached hydrogen (secondary N) is 1. The summed E-state index contributed by atoms with van der Waals surface area (Å²) in [4.78, 5) is 7.05. The Balaban J connectivity index is 1.68. The predicted octanol–water partition coefficient (Wildman–Crippen LogP) is 0.841. The van der Waals surface area contributed by atoms with Gasteiger partial charge >= 0.3 is 0 Å². The van der Waals surface area contributed by atoms with Crippen LogP contribution in [0.15, 0.2) is 12.4 Å². The monoisotopic (exact) mass is 220 g/mol. The molecule has 1 unspecified atom stereocenters. The van der Waals surface area contributed by atoms with E-state index < -0.39 is 0 Å². The summed E-state index contributed by atoms with van der Waals surface area (Å²) in [6.45, 7) is 5.71. The second-order valence-electron chi connectivity index (χ2n) is 4.84. The summed E-state index contributed by atoms with van der Waals surface area (Å²) in [5.41, 5.74) is 0. The van der Waals surface area contributed by atoms with E-state index in [4.69, 9.17) is 0 Å². The molecule has 0 bridgehead atoms. The zero-order valence-electron chi connectivity index (χ0n) is 9.73. The van der Waals surface area contributed by atoms with Crippen molar-refractivity contribution in [2.75, 3.05) is 19.6 Å². The van der Waals surface area contributed by atoms with Crippen LogP contribution in [0, 0.1) is 0 Å². The summed E-state index contributed by atoms with van der Waals surface area (Å²) < 4.78 is 2.28. The third kappa shape index (κ3) is 1.99. The predicted molar refractivity (Wildman–Crippen MR) is 63.1 cm³/mol. The average Bonchev–Trinajstić information content (AvgIpc) is 2.61. The van der Waals surface area contributed by atoms with Crippen molar-refractivity contribution in [3.05, 3.63) is 18.2 Å². The summed E-state index contributed by atoms with van der Waals surface area (Å²) in [6, 6.07) is 0.764. The maximum Gasteiger partial charge on any atom is 0.122 e. The summed E-state index contributed by atoms with van der Waals surface area (Å²) in [5, 5.41) is 3.48. The second-order valence-corrected chi connectivity index (χ2v) is 4.84. The van der Waals surface area contributed by atoms with Crippen LogP contribution in [0.5, 0.6) is 0 Å². The molecule has 3 rings (SSSR count). The minimum atomic E-state index is 0.764. The van der Waals surface area contributed by atoms with Crippen LogP contribution in [0.3, 0.4) is 0 Å². The van der Waals surface area contributed by atoms with Gasteiger partial charge in [0.25, 0.3) is 0 Å². The van der Waals surface area contributed by atoms with E-state index in [0.29, 0.717) is 0 Å². The molecule has 1 aromatic heterocycles. The van der Waals surface area contributed by atoms with Crippen molar-refractivity contribution in [2.24, 2.45) is 0 Å². The molecule has 1 atom stereocenters. The van der Waals surface area contributed by atoms with Crippen LogP contribution in [0.2, 0.25) is 0 Å². The Bertz CT molecular complexity index is 339. The highest BCUT2D eigenvalue weighted by Crippen LogP contribution is 2.19. The Morgan fingerprint density at radius 3 is 3.25 bits per heavy atom. The largest absolute Gasteiger partial charge is 0.333 e. The van der Waals surface area contributed by atoms with Crippen LogP contribution in [-0.4, -0.2) is 40.1 Å². The first-order valence-electron chi connectivity index (χ1n) is 6.38. The maximum absolute atomic E-state index is 4.43. The average molecular weight is 220 g/mol. The van der Waals surface area contributed by atoms with Gasteiger partial charge in [-0.2, -0.15) is 0 Å². The number of hydrogen-bond acceptors (Lipinski definition) is 3. The van der Waals surface area contributed by atoms with E-state index in [2.05, 4.69) is 26.0 Å². The molecule has 88 valence electrons. The van der Waals surface area contributed by atoms with Crippen molar-refractivity contribution in [3.8, 4) is 0 Å². The molecule has 16 heavy (non-hydrogen) atoms. The van der Waals surface area contributed by atoms with Crippen molar-refractivity contribution in [1.82, 2.24) is 19.8 Å². The number of hydrogen-bond donors (Lipinski definition) is 1. The molecule has 4 nitrogen and oxygen atoms in total. The Labute approximate surface area is 96.7 Å². The van der Waals surface area contributed by atoms with Crippen molar-refractivity contribution in [2.45, 2.75) is 38.4 Å². The van der Waals surface area contributed by atoms with Gasteiger partial charge < -0.3 is 9.88 Å². The molecular formula is C12H20N4. The molecule has 0 aromatic carbocycles. The molecule has 0 amide bonds. The van der Waals surface area contributed by atoms with Crippen molar-refractivity contribution in [3.63, 3.8) is 0 Å². The smallest absolute Gasteiger partial charge is 0.122 e. The van der Waals surface area contributed by atoms with Crippen LogP contribution >= 0.6 is 0 Å². The summed E-state index contributed by atoms with van der Waals surface area (Å²) in [7, 11) is 0. The molecule has 4 heteroatoms. The van der Waals surface area contributed by atoms with Gasteiger partial charge in [0.2, 0.25) is 0 Å². The normalized spacial score (nSPS) is 27.4. The molecule has 0 radical (unpaired) electrons. The molecule has 0 spiro atoms. The maximum atomic E-state index is 4.43. The van der Waals surface area contributed by atoms with Gasteiger partial charge in [0.1, 0.15) is 5.82 Å². The first kappa shape index (κ1) is 10.3. The summed E-state index contributed by atoms with van der Waals surface area (Å²) in [5.74, 6) is 1.24. The van der Waals surface area contributed by atoms with Gasteiger partial charge in [0.05, 0.1) is 6.54 Å². The highest BCUT2D eigenvalue weighted by molar-refractivity contribution is 4.96. The van der Waals surface area contributed by atoms with E-state index in [0.717, 1.165) is 19.1 Å². The van der Waals surface area contributed by atoms with Gasteiger partial charge in [-0.1, -0.05) is 0 Å². The number of nitrogens with zero attached hydrogens (tertiary/aromatic N) is 3. The van der Waals surface area contributed by atoms with E-state index in [9.17, 15) is 0 Å². The van der Waals surface area contributed by atoms with Crippen LogP contribution < -0.4 is 5.32 Å². The molecule has 2 aliphatic heterocycles. The Morgan fingerprint density at radius 1 is 1.25 bits per heavy atom. The van der Waals surface area contributed by atoms with Crippen molar-refractivity contribution < 1.29 is 0 Å². The van der Waals surface area contributed by atoms with Gasteiger partial charge in [-0.05, 0) is 32.4 Å². The number of fused-ring (bicyclic) bond motifs is 1. The molecule has 1 fully saturated rings. The lowest BCUT2D eigenvalue weighted by Gasteiger charge is -2.34. The Kier molecular flexibility index (Phi) is 2.93. The number of imidazole rings is 1. The fourth-order valence-electron chi connectivity index (χ4n) is 2.87. The number of rotatable bonds is 1. The fourth-order valence-corrected chi connectivity index (χ4v) is 2.87. The Hall–Kier alpha value is -0.870. The van der Waals surface area contributed by atoms with Crippen LogP contribution in [0.25, 0.3) is 0 Å². The van der Waals surface area contributed by atoms with E-state index in [-0.39, 0.29) is 0 Å². The summed E-state index contributed by atoms with van der Waals surface area (Å²) in [6.07, 6.45) is 7.97. The van der Waals surface area contributed by atoms with Gasteiger partial charge in [-0.15, -0.1) is 0 Å². The van der Waals surface area contributed by atoms with Crippen molar-refractivity contribution >= 4 is 0 Å². The summed E-state index contributed by atoms with van der Waals surface area (Å²) >= 11 is 0. The minimum absolute atomic E-state index is 0.764. The fraction of sp³-hybridized carbons (Fsp3) is 0.750. The van der Waals surface area contributed by atoms with Gasteiger partial charge in [-0.25, -0.2) is 4.98 Å². The SMILES string of the molecule is c1cn2c(n1)CN(C1CCCNCC1)CC2. The molecule has 1 saturated heterocycles. The third-order valence-corrected chi connectivity index (χ3v) is 3.84. The lowest BCUT2D eigenvalue weighted by molar-refractivity contribution is 0.141. The molecule has 3 heterocycles. The third-order valence-electron chi connectivity index (χ3n) is 3.84. The van der Waals surface area contributed by atoms with E-state index >= 15 is 0 Å². The molecule has 1 N–H and O–H groups in total. The van der Waals surface area contributed by atoms with E-state index in [1.165, 1.54) is 44.7 Å². The minimum Gasteiger partial charge on any atom is -0.333 e. The quantitative estimate of drug-likeness (QED) is 0.761. The molecule has 0 saturated carbocycles. The molecule has 1 aromatic rings. The van der Waals surface area contributed by atoms with Crippen LogP contribution in [0.4, 0.5) is 0 Å². The topological polar surface area (TPSA) is 33.1 Å². The highest BCUT2D eigenvalue weighted by Gasteiger charge is 2.24. The first-order valence-corrected chi connectivity index (χ1v) is 6.38. The zero-order chi connectivity index (χ0) is 10.8. The van der Waals surface area contributed by atoms with E-state index in [1.54, 1.807) is 0 Å². The Morgan fingerprint density at radius 2 is 2.25 bits per heavy atom. The molecule has 0 aliphatic carbocycles. The second kappa shape index (κ2) is 4.55.